The summed E-state index contributed by atoms with van der Waals surface area (Å²) < 4.78 is 0. The number of nitrogens with one attached hydrogen (secondary N) is 1. The summed E-state index contributed by atoms with van der Waals surface area (Å²) >= 11 is 0. The molecule has 1 saturated heterocycles. The summed E-state index contributed by atoms with van der Waals surface area (Å²) in [6.07, 6.45) is 0.527. The summed E-state index contributed by atoms with van der Waals surface area (Å²) in [6, 6.07) is 8.37. The quantitative estimate of drug-likeness (QED) is 0.756. The summed E-state index contributed by atoms with van der Waals surface area (Å²) in [7, 11) is 2.17. The average molecular weight is 319 g/mol. The Morgan fingerprint density at radius 1 is 1.13 bits per heavy atom. The van der Waals surface area contributed by atoms with Gasteiger partial charge in [-0.25, -0.2) is 0 Å². The molecule has 1 aromatic rings. The molecule has 0 spiro atoms. The monoisotopic (exact) mass is 319 g/mol. The van der Waals surface area contributed by atoms with Crippen molar-refractivity contribution in [3.05, 3.63) is 35.4 Å². The molecule has 4 heteroatoms. The van der Waals surface area contributed by atoms with Crippen molar-refractivity contribution in [3.63, 3.8) is 0 Å². The third-order valence-electron chi connectivity index (χ3n) is 5.25. The maximum atomic E-state index is 10.3. The minimum Gasteiger partial charge on any atom is -0.374 e. The van der Waals surface area contributed by atoms with Crippen LogP contribution in [0, 0.1) is 0 Å². The molecule has 23 heavy (non-hydrogen) atoms. The number of rotatable bonds is 7. The number of hydrogen-bond donors (Lipinski definition) is 2. The fourth-order valence-electron chi connectivity index (χ4n) is 2.87. The predicted molar refractivity (Wildman–Crippen MR) is 96.7 cm³/mol. The minimum atomic E-state index is -0.582. The fraction of sp³-hybridized carbons (Fsp3) is 0.684. The van der Waals surface area contributed by atoms with Crippen LogP contribution in [0.3, 0.4) is 0 Å². The first-order valence-electron chi connectivity index (χ1n) is 8.85. The van der Waals surface area contributed by atoms with E-state index in [-0.39, 0.29) is 5.41 Å². The van der Waals surface area contributed by atoms with Gasteiger partial charge in [0.15, 0.2) is 0 Å². The SMILES string of the molecule is CCC(C)(C)c1ccc(C(O)NCCN2CCN(C)CC2)cc1. The van der Waals surface area contributed by atoms with Gasteiger partial charge in [0, 0.05) is 39.3 Å². The Labute approximate surface area is 141 Å². The van der Waals surface area contributed by atoms with Crippen molar-refractivity contribution >= 4 is 0 Å². The molecule has 0 saturated carbocycles. The molecular formula is C19H33N3O. The third kappa shape index (κ3) is 5.28. The Balaban J connectivity index is 1.78. The third-order valence-corrected chi connectivity index (χ3v) is 5.25. The van der Waals surface area contributed by atoms with Gasteiger partial charge in [-0.1, -0.05) is 45.0 Å². The van der Waals surface area contributed by atoms with E-state index in [4.69, 9.17) is 0 Å². The van der Waals surface area contributed by atoms with Gasteiger partial charge in [0.25, 0.3) is 0 Å². The van der Waals surface area contributed by atoms with Gasteiger partial charge in [0.1, 0.15) is 6.23 Å². The Bertz CT molecular complexity index is 464. The van der Waals surface area contributed by atoms with Crippen LogP contribution < -0.4 is 5.32 Å². The highest BCUT2D eigenvalue weighted by Crippen LogP contribution is 2.27. The first kappa shape index (κ1) is 18.4. The van der Waals surface area contributed by atoms with Crippen molar-refractivity contribution in [3.8, 4) is 0 Å². The topological polar surface area (TPSA) is 38.7 Å². The van der Waals surface area contributed by atoms with Crippen molar-refractivity contribution in [1.29, 1.82) is 0 Å². The van der Waals surface area contributed by atoms with E-state index in [1.54, 1.807) is 0 Å². The van der Waals surface area contributed by atoms with Crippen LogP contribution in [-0.2, 0) is 5.41 Å². The Kier molecular flexibility index (Phi) is 6.60. The lowest BCUT2D eigenvalue weighted by Crippen LogP contribution is -2.46. The van der Waals surface area contributed by atoms with Crippen LogP contribution in [0.1, 0.15) is 44.5 Å². The largest absolute Gasteiger partial charge is 0.374 e. The molecule has 0 amide bonds. The normalized spacial score (nSPS) is 19.0. The molecule has 0 aromatic heterocycles. The smallest absolute Gasteiger partial charge is 0.131 e. The Morgan fingerprint density at radius 3 is 2.30 bits per heavy atom. The summed E-state index contributed by atoms with van der Waals surface area (Å²) in [6.45, 7) is 13.0. The van der Waals surface area contributed by atoms with Gasteiger partial charge in [-0.3, -0.25) is 10.2 Å². The van der Waals surface area contributed by atoms with Crippen LogP contribution in [-0.4, -0.2) is 61.2 Å². The second-order valence-electron chi connectivity index (χ2n) is 7.36. The zero-order valence-corrected chi connectivity index (χ0v) is 15.2. The van der Waals surface area contributed by atoms with E-state index in [0.717, 1.165) is 51.3 Å². The zero-order valence-electron chi connectivity index (χ0n) is 15.2. The average Bonchev–Trinajstić information content (AvgIpc) is 2.56. The van der Waals surface area contributed by atoms with Crippen LogP contribution in [0.2, 0.25) is 0 Å². The first-order chi connectivity index (χ1) is 10.9. The maximum absolute atomic E-state index is 10.3. The molecule has 1 aromatic carbocycles. The van der Waals surface area contributed by atoms with Gasteiger partial charge in [0.05, 0.1) is 0 Å². The first-order valence-corrected chi connectivity index (χ1v) is 8.85. The lowest BCUT2D eigenvalue weighted by molar-refractivity contribution is 0.119. The van der Waals surface area contributed by atoms with E-state index in [0.29, 0.717) is 0 Å². The molecule has 0 radical (unpaired) electrons. The number of likely N-dealkylation sites (N-methyl/N-ethyl adjacent to an activating group) is 1. The molecule has 130 valence electrons. The summed E-state index contributed by atoms with van der Waals surface area (Å²) in [4.78, 5) is 4.81. The molecule has 1 heterocycles. The minimum absolute atomic E-state index is 0.193. The highest BCUT2D eigenvalue weighted by Gasteiger charge is 2.18. The van der Waals surface area contributed by atoms with Gasteiger partial charge < -0.3 is 10.0 Å². The summed E-state index contributed by atoms with van der Waals surface area (Å²) in [5, 5.41) is 13.5. The maximum Gasteiger partial charge on any atom is 0.131 e. The molecule has 1 atom stereocenters. The number of piperazine rings is 1. The van der Waals surface area contributed by atoms with Crippen LogP contribution >= 0.6 is 0 Å². The summed E-state index contributed by atoms with van der Waals surface area (Å²) in [5.41, 5.74) is 2.46. The van der Waals surface area contributed by atoms with Gasteiger partial charge in [0.2, 0.25) is 0 Å². The van der Waals surface area contributed by atoms with Gasteiger partial charge in [-0.2, -0.15) is 0 Å². The molecular weight excluding hydrogens is 286 g/mol. The lowest BCUT2D eigenvalue weighted by atomic mass is 9.82. The highest BCUT2D eigenvalue weighted by molar-refractivity contribution is 5.28. The molecule has 1 unspecified atom stereocenters. The van der Waals surface area contributed by atoms with Gasteiger partial charge in [-0.15, -0.1) is 0 Å². The molecule has 1 aliphatic rings. The van der Waals surface area contributed by atoms with Crippen molar-refractivity contribution in [2.24, 2.45) is 0 Å². The molecule has 0 bridgehead atoms. The number of nitrogens with zero attached hydrogens (tertiary/aromatic N) is 2. The van der Waals surface area contributed by atoms with Crippen LogP contribution in [0.15, 0.2) is 24.3 Å². The lowest BCUT2D eigenvalue weighted by Gasteiger charge is -2.32. The van der Waals surface area contributed by atoms with E-state index in [9.17, 15) is 5.11 Å². The Hall–Kier alpha value is -0.940. The van der Waals surface area contributed by atoms with Crippen molar-refractivity contribution < 1.29 is 5.11 Å². The molecule has 1 fully saturated rings. The van der Waals surface area contributed by atoms with E-state index in [2.05, 4.69) is 55.1 Å². The van der Waals surface area contributed by atoms with Gasteiger partial charge in [-0.05, 0) is 30.0 Å². The predicted octanol–water partition coefficient (Wildman–Crippen LogP) is 2.20. The van der Waals surface area contributed by atoms with E-state index in [1.807, 2.05) is 12.1 Å². The number of hydrogen-bond acceptors (Lipinski definition) is 4. The number of aliphatic hydroxyl groups excluding tert-OH is 1. The summed E-state index contributed by atoms with van der Waals surface area (Å²) in [5.74, 6) is 0. The molecule has 1 aliphatic heterocycles. The van der Waals surface area contributed by atoms with E-state index >= 15 is 0 Å². The van der Waals surface area contributed by atoms with Crippen LogP contribution in [0.5, 0.6) is 0 Å². The van der Waals surface area contributed by atoms with E-state index < -0.39 is 6.23 Å². The zero-order chi connectivity index (χ0) is 16.9. The standard InChI is InChI=1S/C19H33N3O/c1-5-19(2,3)17-8-6-16(7-9-17)18(23)20-10-11-22-14-12-21(4)13-15-22/h6-9,18,20,23H,5,10-15H2,1-4H3. The van der Waals surface area contributed by atoms with Crippen LogP contribution in [0.25, 0.3) is 0 Å². The van der Waals surface area contributed by atoms with Crippen LogP contribution in [0.4, 0.5) is 0 Å². The van der Waals surface area contributed by atoms with E-state index in [1.165, 1.54) is 5.56 Å². The van der Waals surface area contributed by atoms with Gasteiger partial charge >= 0.3 is 0 Å². The van der Waals surface area contributed by atoms with Crippen molar-refractivity contribution in [1.82, 2.24) is 15.1 Å². The molecule has 0 aliphatic carbocycles. The molecule has 4 nitrogen and oxygen atoms in total. The molecule has 2 N–H and O–H groups in total. The fourth-order valence-corrected chi connectivity index (χ4v) is 2.87. The Morgan fingerprint density at radius 2 is 1.74 bits per heavy atom. The second-order valence-corrected chi connectivity index (χ2v) is 7.36. The number of benzene rings is 1. The highest BCUT2D eigenvalue weighted by atomic mass is 16.3. The number of aliphatic hydroxyl groups is 1. The second kappa shape index (κ2) is 8.25. The molecule has 2 rings (SSSR count). The van der Waals surface area contributed by atoms with Crippen molar-refractivity contribution in [2.75, 3.05) is 46.3 Å². The van der Waals surface area contributed by atoms with Crippen molar-refractivity contribution in [2.45, 2.75) is 38.8 Å².